The zero-order chi connectivity index (χ0) is 10.4. The number of hydrogen-bond acceptors (Lipinski definition) is 1. The number of H-pyrrole nitrogens is 2. The topological polar surface area (TPSA) is 68.9 Å². The number of rotatable bonds is 1. The highest BCUT2D eigenvalue weighted by atomic mass is 16.4. The Hall–Kier alpha value is -1.97. The molecule has 0 aliphatic heterocycles. The van der Waals surface area contributed by atoms with Gasteiger partial charge in [-0.05, 0) is 24.6 Å². The normalized spacial score (nSPS) is 8.93. The minimum absolute atomic E-state index is 0.296. The predicted octanol–water partition coefficient (Wildman–Crippen LogP) is 2.04. The molecule has 74 valence electrons. The van der Waals surface area contributed by atoms with E-state index in [1.807, 2.05) is 18.5 Å². The number of aryl methyl sites for hydroxylation is 1. The summed E-state index contributed by atoms with van der Waals surface area (Å²) in [5.41, 5.74) is 1.58. The van der Waals surface area contributed by atoms with Crippen molar-refractivity contribution in [1.29, 1.82) is 0 Å². The lowest BCUT2D eigenvalue weighted by Crippen LogP contribution is -1.91. The maximum absolute atomic E-state index is 10.0. The van der Waals surface area contributed by atoms with Crippen molar-refractivity contribution in [3.05, 3.63) is 48.0 Å². The average Bonchev–Trinajstić information content (AvgIpc) is 2.75. The second-order valence-electron chi connectivity index (χ2n) is 2.79. The standard InChI is InChI=1S/C5H5NO2.C5H7N/c7-5(8)4-1-2-6-3-4;1-5-2-3-6-4-5/h1-3,6H,(H,7,8);2-4,6H,1H3. The maximum atomic E-state index is 10.0. The fourth-order valence-corrected chi connectivity index (χ4v) is 0.864. The first-order valence-corrected chi connectivity index (χ1v) is 4.15. The van der Waals surface area contributed by atoms with Gasteiger partial charge in [0.25, 0.3) is 0 Å². The molecule has 0 saturated carbocycles. The first-order chi connectivity index (χ1) is 6.70. The van der Waals surface area contributed by atoms with E-state index in [-0.39, 0.29) is 0 Å². The Morgan fingerprint density at radius 2 is 1.86 bits per heavy atom. The molecule has 0 aliphatic carbocycles. The van der Waals surface area contributed by atoms with E-state index in [0.29, 0.717) is 5.56 Å². The molecule has 0 bridgehead atoms. The summed E-state index contributed by atoms with van der Waals surface area (Å²) >= 11 is 0. The molecule has 0 aliphatic rings. The Kier molecular flexibility index (Phi) is 3.55. The summed E-state index contributed by atoms with van der Waals surface area (Å²) in [5, 5.41) is 8.25. The summed E-state index contributed by atoms with van der Waals surface area (Å²) in [7, 11) is 0. The summed E-state index contributed by atoms with van der Waals surface area (Å²) in [6.45, 7) is 2.05. The number of aromatic carboxylic acids is 1. The van der Waals surface area contributed by atoms with Crippen LogP contribution in [-0.2, 0) is 0 Å². The summed E-state index contributed by atoms with van der Waals surface area (Å²) in [4.78, 5) is 15.6. The van der Waals surface area contributed by atoms with Crippen molar-refractivity contribution < 1.29 is 9.90 Å². The molecule has 0 atom stereocenters. The van der Waals surface area contributed by atoms with Crippen LogP contribution >= 0.6 is 0 Å². The first kappa shape index (κ1) is 10.1. The van der Waals surface area contributed by atoms with Crippen molar-refractivity contribution >= 4 is 5.97 Å². The highest BCUT2D eigenvalue weighted by molar-refractivity contribution is 5.87. The Bertz CT molecular complexity index is 363. The van der Waals surface area contributed by atoms with E-state index in [9.17, 15) is 4.79 Å². The maximum Gasteiger partial charge on any atom is 0.337 e. The monoisotopic (exact) mass is 192 g/mol. The second-order valence-corrected chi connectivity index (χ2v) is 2.79. The van der Waals surface area contributed by atoms with Gasteiger partial charge in [-0.3, -0.25) is 0 Å². The Morgan fingerprint density at radius 1 is 1.21 bits per heavy atom. The molecular formula is C10H12N2O2. The van der Waals surface area contributed by atoms with Gasteiger partial charge in [0.15, 0.2) is 0 Å². The first-order valence-electron chi connectivity index (χ1n) is 4.15. The molecule has 14 heavy (non-hydrogen) atoms. The molecule has 2 heterocycles. The Labute approximate surface area is 81.6 Å². The minimum atomic E-state index is -0.897. The summed E-state index contributed by atoms with van der Waals surface area (Å²) in [5.74, 6) is -0.897. The van der Waals surface area contributed by atoms with Gasteiger partial charge in [0.2, 0.25) is 0 Å². The molecular weight excluding hydrogens is 180 g/mol. The van der Waals surface area contributed by atoms with Crippen LogP contribution < -0.4 is 0 Å². The van der Waals surface area contributed by atoms with Gasteiger partial charge in [0.05, 0.1) is 5.56 Å². The second kappa shape index (κ2) is 4.91. The van der Waals surface area contributed by atoms with E-state index >= 15 is 0 Å². The highest BCUT2D eigenvalue weighted by Crippen LogP contribution is 1.93. The van der Waals surface area contributed by atoms with Crippen molar-refractivity contribution in [2.75, 3.05) is 0 Å². The molecule has 3 N–H and O–H groups in total. The largest absolute Gasteiger partial charge is 0.478 e. The van der Waals surface area contributed by atoms with Crippen molar-refractivity contribution in [3.63, 3.8) is 0 Å². The van der Waals surface area contributed by atoms with Crippen LogP contribution in [0.5, 0.6) is 0 Å². The molecule has 0 unspecified atom stereocenters. The van der Waals surface area contributed by atoms with Crippen molar-refractivity contribution in [1.82, 2.24) is 9.97 Å². The zero-order valence-electron chi connectivity index (χ0n) is 7.82. The quantitative estimate of drug-likeness (QED) is 0.647. The van der Waals surface area contributed by atoms with E-state index in [1.54, 1.807) is 6.20 Å². The van der Waals surface area contributed by atoms with E-state index in [4.69, 9.17) is 5.11 Å². The fourth-order valence-electron chi connectivity index (χ4n) is 0.864. The van der Waals surface area contributed by atoms with Gasteiger partial charge in [-0.2, -0.15) is 0 Å². The van der Waals surface area contributed by atoms with Crippen molar-refractivity contribution in [2.45, 2.75) is 6.92 Å². The number of carboxylic acid groups (broad SMARTS) is 1. The number of carboxylic acids is 1. The Morgan fingerprint density at radius 3 is 2.07 bits per heavy atom. The molecule has 0 amide bonds. The third-order valence-corrected chi connectivity index (χ3v) is 1.60. The van der Waals surface area contributed by atoms with Crippen molar-refractivity contribution in [3.8, 4) is 0 Å². The van der Waals surface area contributed by atoms with Gasteiger partial charge in [-0.15, -0.1) is 0 Å². The molecule has 4 heteroatoms. The molecule has 0 spiro atoms. The van der Waals surface area contributed by atoms with Crippen LogP contribution in [0, 0.1) is 6.92 Å². The number of carbonyl (C=O) groups is 1. The number of aromatic nitrogens is 2. The zero-order valence-corrected chi connectivity index (χ0v) is 7.82. The fraction of sp³-hybridized carbons (Fsp3) is 0.100. The highest BCUT2D eigenvalue weighted by Gasteiger charge is 1.98. The van der Waals surface area contributed by atoms with Crippen LogP contribution in [0.15, 0.2) is 36.9 Å². The average molecular weight is 192 g/mol. The van der Waals surface area contributed by atoms with Gasteiger partial charge in [-0.25, -0.2) is 4.79 Å². The lowest BCUT2D eigenvalue weighted by atomic mass is 10.4. The van der Waals surface area contributed by atoms with Gasteiger partial charge < -0.3 is 15.1 Å². The summed E-state index contributed by atoms with van der Waals surface area (Å²) in [6.07, 6.45) is 6.88. The lowest BCUT2D eigenvalue weighted by Gasteiger charge is -1.78. The molecule has 0 saturated heterocycles. The third kappa shape index (κ3) is 3.18. The molecule has 2 rings (SSSR count). The predicted molar refractivity (Wildman–Crippen MR) is 53.3 cm³/mol. The summed E-state index contributed by atoms with van der Waals surface area (Å²) in [6, 6.07) is 3.53. The summed E-state index contributed by atoms with van der Waals surface area (Å²) < 4.78 is 0. The molecule has 0 aromatic carbocycles. The van der Waals surface area contributed by atoms with Crippen LogP contribution in [-0.4, -0.2) is 21.0 Å². The van der Waals surface area contributed by atoms with Crippen LogP contribution in [0.1, 0.15) is 15.9 Å². The lowest BCUT2D eigenvalue weighted by molar-refractivity contribution is 0.0697. The minimum Gasteiger partial charge on any atom is -0.478 e. The SMILES string of the molecule is Cc1cc[nH]c1.O=C(O)c1cc[nH]c1. The smallest absolute Gasteiger partial charge is 0.337 e. The number of aromatic amines is 2. The van der Waals surface area contributed by atoms with Crippen molar-refractivity contribution in [2.24, 2.45) is 0 Å². The van der Waals surface area contributed by atoms with E-state index < -0.39 is 5.97 Å². The van der Waals surface area contributed by atoms with Crippen LogP contribution in [0.4, 0.5) is 0 Å². The van der Waals surface area contributed by atoms with Crippen LogP contribution in [0.2, 0.25) is 0 Å². The molecule has 4 nitrogen and oxygen atoms in total. The van der Waals surface area contributed by atoms with Gasteiger partial charge in [-0.1, -0.05) is 0 Å². The number of nitrogens with one attached hydrogen (secondary N) is 2. The van der Waals surface area contributed by atoms with E-state index in [1.165, 1.54) is 17.8 Å². The van der Waals surface area contributed by atoms with Gasteiger partial charge in [0, 0.05) is 24.8 Å². The molecule has 2 aromatic rings. The van der Waals surface area contributed by atoms with E-state index in [0.717, 1.165) is 0 Å². The third-order valence-electron chi connectivity index (χ3n) is 1.60. The van der Waals surface area contributed by atoms with Gasteiger partial charge in [0.1, 0.15) is 0 Å². The van der Waals surface area contributed by atoms with E-state index in [2.05, 4.69) is 16.9 Å². The number of hydrogen-bond donors (Lipinski definition) is 3. The van der Waals surface area contributed by atoms with Crippen LogP contribution in [0.3, 0.4) is 0 Å². The molecule has 2 aromatic heterocycles. The molecule has 0 radical (unpaired) electrons. The van der Waals surface area contributed by atoms with Crippen LogP contribution in [0.25, 0.3) is 0 Å². The Balaban J connectivity index is 0.000000146. The molecule has 0 fully saturated rings. The van der Waals surface area contributed by atoms with Gasteiger partial charge >= 0.3 is 5.97 Å².